The third-order valence-electron chi connectivity index (χ3n) is 5.22. The maximum Gasteiger partial charge on any atom is 0.252 e. The Bertz CT molecular complexity index is 793. The highest BCUT2D eigenvalue weighted by atomic mass is 35.5. The van der Waals surface area contributed by atoms with Gasteiger partial charge in [-0.05, 0) is 28.7 Å². The van der Waals surface area contributed by atoms with Gasteiger partial charge in [0.2, 0.25) is 0 Å². The molecule has 150 valence electrons. The van der Waals surface area contributed by atoms with Crippen molar-refractivity contribution in [2.24, 2.45) is 0 Å². The van der Waals surface area contributed by atoms with Crippen LogP contribution in [0.2, 0.25) is 5.02 Å². The van der Waals surface area contributed by atoms with E-state index < -0.39 is 0 Å². The van der Waals surface area contributed by atoms with Crippen molar-refractivity contribution in [2.75, 3.05) is 32.8 Å². The summed E-state index contributed by atoms with van der Waals surface area (Å²) in [6.45, 7) is 10.3. The quantitative estimate of drug-likeness (QED) is 0.806. The Morgan fingerprint density at radius 3 is 2.36 bits per heavy atom. The summed E-state index contributed by atoms with van der Waals surface area (Å²) in [4.78, 5) is 15.0. The Kier molecular flexibility index (Phi) is 6.76. The van der Waals surface area contributed by atoms with E-state index in [0.29, 0.717) is 17.1 Å². The first-order valence-electron chi connectivity index (χ1n) is 9.81. The van der Waals surface area contributed by atoms with Crippen molar-refractivity contribution in [1.29, 1.82) is 0 Å². The van der Waals surface area contributed by atoms with Crippen LogP contribution in [0.25, 0.3) is 0 Å². The number of carbonyl (C=O) groups excluding carboxylic acids is 1. The summed E-state index contributed by atoms with van der Waals surface area (Å²) in [5.74, 6) is -0.143. The Hall–Kier alpha value is -1.88. The summed E-state index contributed by atoms with van der Waals surface area (Å²) < 4.78 is 5.51. The van der Waals surface area contributed by atoms with E-state index >= 15 is 0 Å². The van der Waals surface area contributed by atoms with Gasteiger partial charge >= 0.3 is 0 Å². The number of halogens is 1. The molecule has 1 atom stereocenters. The normalized spacial score (nSPS) is 16.6. The molecule has 1 N–H and O–H groups in total. The van der Waals surface area contributed by atoms with Crippen molar-refractivity contribution >= 4 is 17.5 Å². The number of benzene rings is 2. The van der Waals surface area contributed by atoms with E-state index in [1.807, 2.05) is 12.1 Å². The number of nitrogens with one attached hydrogen (secondary N) is 1. The topological polar surface area (TPSA) is 41.6 Å². The predicted octanol–water partition coefficient (Wildman–Crippen LogP) is 4.44. The van der Waals surface area contributed by atoms with E-state index in [-0.39, 0.29) is 17.4 Å². The van der Waals surface area contributed by atoms with E-state index in [0.717, 1.165) is 26.3 Å². The molecule has 1 saturated heterocycles. The second-order valence-electron chi connectivity index (χ2n) is 8.23. The smallest absolute Gasteiger partial charge is 0.252 e. The Morgan fingerprint density at radius 2 is 1.75 bits per heavy atom. The molecule has 0 spiro atoms. The lowest BCUT2D eigenvalue weighted by Gasteiger charge is -2.35. The minimum absolute atomic E-state index is 0.101. The van der Waals surface area contributed by atoms with Crippen molar-refractivity contribution in [3.05, 3.63) is 70.2 Å². The first kappa shape index (κ1) is 20.8. The first-order chi connectivity index (χ1) is 13.4. The van der Waals surface area contributed by atoms with Gasteiger partial charge in [0.05, 0.1) is 29.8 Å². The molecular formula is C23H29ClN2O2. The molecule has 1 aliphatic rings. The monoisotopic (exact) mass is 400 g/mol. The van der Waals surface area contributed by atoms with Crippen LogP contribution in [0.3, 0.4) is 0 Å². The predicted molar refractivity (Wildman–Crippen MR) is 114 cm³/mol. The van der Waals surface area contributed by atoms with Gasteiger partial charge in [-0.25, -0.2) is 0 Å². The summed E-state index contributed by atoms with van der Waals surface area (Å²) >= 11 is 6.17. The van der Waals surface area contributed by atoms with Gasteiger partial charge in [0.1, 0.15) is 0 Å². The molecule has 0 bridgehead atoms. The molecule has 0 aromatic heterocycles. The van der Waals surface area contributed by atoms with Gasteiger partial charge in [0.25, 0.3) is 5.91 Å². The van der Waals surface area contributed by atoms with Crippen LogP contribution < -0.4 is 5.32 Å². The van der Waals surface area contributed by atoms with Gasteiger partial charge in [0, 0.05) is 19.6 Å². The SMILES string of the molecule is CC(C)(C)c1ccc([C@H](CNC(=O)c2ccccc2Cl)N2CCOCC2)cc1. The molecule has 1 fully saturated rings. The summed E-state index contributed by atoms with van der Waals surface area (Å²) in [5, 5.41) is 3.54. The van der Waals surface area contributed by atoms with Crippen LogP contribution in [0.15, 0.2) is 48.5 Å². The van der Waals surface area contributed by atoms with E-state index in [2.05, 4.69) is 55.3 Å². The molecule has 3 rings (SSSR count). The van der Waals surface area contributed by atoms with E-state index in [1.54, 1.807) is 12.1 Å². The van der Waals surface area contributed by atoms with Crippen LogP contribution in [-0.4, -0.2) is 43.7 Å². The number of ether oxygens (including phenoxy) is 1. The zero-order valence-corrected chi connectivity index (χ0v) is 17.6. The van der Waals surface area contributed by atoms with Crippen LogP contribution in [0, 0.1) is 0 Å². The second-order valence-corrected chi connectivity index (χ2v) is 8.63. The Balaban J connectivity index is 1.77. The Labute approximate surface area is 172 Å². The zero-order valence-electron chi connectivity index (χ0n) is 16.9. The number of nitrogens with zero attached hydrogens (tertiary/aromatic N) is 1. The third-order valence-corrected chi connectivity index (χ3v) is 5.55. The van der Waals surface area contributed by atoms with E-state index in [1.165, 1.54) is 11.1 Å². The standard InChI is InChI=1S/C23H29ClN2O2/c1-23(2,3)18-10-8-17(9-11-18)21(26-12-14-28-15-13-26)16-25-22(27)19-6-4-5-7-20(19)24/h4-11,21H,12-16H2,1-3H3,(H,25,27)/t21-/m0/s1. The molecule has 28 heavy (non-hydrogen) atoms. The molecule has 0 aliphatic carbocycles. The van der Waals surface area contributed by atoms with Crippen LogP contribution in [0.4, 0.5) is 0 Å². The van der Waals surface area contributed by atoms with Crippen LogP contribution in [-0.2, 0) is 10.2 Å². The number of carbonyl (C=O) groups is 1. The highest BCUT2D eigenvalue weighted by Crippen LogP contribution is 2.27. The van der Waals surface area contributed by atoms with Crippen molar-refractivity contribution in [2.45, 2.75) is 32.2 Å². The second kappa shape index (κ2) is 9.08. The van der Waals surface area contributed by atoms with Crippen LogP contribution >= 0.6 is 11.6 Å². The molecule has 2 aromatic carbocycles. The van der Waals surface area contributed by atoms with Crippen LogP contribution in [0.1, 0.15) is 48.3 Å². The zero-order chi connectivity index (χ0) is 20.1. The number of hydrogen-bond acceptors (Lipinski definition) is 3. The van der Waals surface area contributed by atoms with Gasteiger partial charge < -0.3 is 10.1 Å². The van der Waals surface area contributed by atoms with Crippen molar-refractivity contribution in [3.63, 3.8) is 0 Å². The molecule has 1 amide bonds. The largest absolute Gasteiger partial charge is 0.379 e. The van der Waals surface area contributed by atoms with E-state index in [4.69, 9.17) is 16.3 Å². The molecule has 0 unspecified atom stereocenters. The van der Waals surface area contributed by atoms with Gasteiger partial charge in [-0.2, -0.15) is 0 Å². The molecule has 4 nitrogen and oxygen atoms in total. The minimum atomic E-state index is -0.143. The fourth-order valence-corrected chi connectivity index (χ4v) is 3.70. The molecule has 1 aliphatic heterocycles. The third kappa shape index (κ3) is 5.13. The summed E-state index contributed by atoms with van der Waals surface area (Å²) in [6, 6.07) is 16.0. The molecular weight excluding hydrogens is 372 g/mol. The number of hydrogen-bond donors (Lipinski definition) is 1. The van der Waals surface area contributed by atoms with Crippen LogP contribution in [0.5, 0.6) is 0 Å². The lowest BCUT2D eigenvalue weighted by Crippen LogP contribution is -2.43. The molecule has 5 heteroatoms. The fourth-order valence-electron chi connectivity index (χ4n) is 3.48. The lowest BCUT2D eigenvalue weighted by molar-refractivity contribution is 0.0162. The highest BCUT2D eigenvalue weighted by Gasteiger charge is 2.24. The summed E-state index contributed by atoms with van der Waals surface area (Å²) in [6.07, 6.45) is 0. The van der Waals surface area contributed by atoms with Gasteiger partial charge in [-0.1, -0.05) is 68.8 Å². The van der Waals surface area contributed by atoms with E-state index in [9.17, 15) is 4.79 Å². The maximum absolute atomic E-state index is 12.6. The number of morpholine rings is 1. The summed E-state index contributed by atoms with van der Waals surface area (Å²) in [5.41, 5.74) is 3.13. The van der Waals surface area contributed by atoms with Gasteiger partial charge in [-0.15, -0.1) is 0 Å². The maximum atomic E-state index is 12.6. The molecule has 0 radical (unpaired) electrons. The number of rotatable bonds is 5. The van der Waals surface area contributed by atoms with Crippen molar-refractivity contribution < 1.29 is 9.53 Å². The minimum Gasteiger partial charge on any atom is -0.379 e. The summed E-state index contributed by atoms with van der Waals surface area (Å²) in [7, 11) is 0. The first-order valence-corrected chi connectivity index (χ1v) is 10.2. The van der Waals surface area contributed by atoms with Gasteiger partial charge in [0.15, 0.2) is 0 Å². The van der Waals surface area contributed by atoms with Crippen molar-refractivity contribution in [3.8, 4) is 0 Å². The highest BCUT2D eigenvalue weighted by molar-refractivity contribution is 6.33. The van der Waals surface area contributed by atoms with Crippen molar-refractivity contribution in [1.82, 2.24) is 10.2 Å². The lowest BCUT2D eigenvalue weighted by atomic mass is 9.86. The Morgan fingerprint density at radius 1 is 1.11 bits per heavy atom. The number of amides is 1. The van der Waals surface area contributed by atoms with Gasteiger partial charge in [-0.3, -0.25) is 9.69 Å². The molecule has 0 saturated carbocycles. The molecule has 2 aromatic rings. The molecule has 1 heterocycles. The average Bonchev–Trinajstić information content (AvgIpc) is 2.69. The fraction of sp³-hybridized carbons (Fsp3) is 0.435. The average molecular weight is 401 g/mol.